The lowest BCUT2D eigenvalue weighted by Crippen LogP contribution is -2.21. The second-order valence-electron chi connectivity index (χ2n) is 5.10. The van der Waals surface area contributed by atoms with E-state index in [-0.39, 0.29) is 22.8 Å². The predicted molar refractivity (Wildman–Crippen MR) is 87.6 cm³/mol. The van der Waals surface area contributed by atoms with E-state index in [2.05, 4.69) is 15.0 Å². The molecule has 3 rings (SSSR count). The lowest BCUT2D eigenvalue weighted by molar-refractivity contribution is 0.0996. The van der Waals surface area contributed by atoms with E-state index in [0.717, 1.165) is 0 Å². The fourth-order valence-electron chi connectivity index (χ4n) is 2.26. The van der Waals surface area contributed by atoms with Gasteiger partial charge in [0.2, 0.25) is 5.89 Å². The number of methoxy groups -OCH3 is 1. The van der Waals surface area contributed by atoms with Gasteiger partial charge < -0.3 is 19.5 Å². The number of carbonyl (C=O) groups is 1. The number of carbonyl (C=O) groups excluding carboxylic acids is 1. The van der Waals surface area contributed by atoms with Gasteiger partial charge in [-0.2, -0.15) is 0 Å². The average molecular weight is 341 g/mol. The van der Waals surface area contributed by atoms with Crippen molar-refractivity contribution in [2.45, 2.75) is 6.54 Å². The summed E-state index contributed by atoms with van der Waals surface area (Å²) in [6.07, 6.45) is 5.82. The standard InChI is InChI=1S/C16H15N5O4/c1-24-7-5-21-9-10(2-3-12(21)22)13-14(15(17)23)19-8-11(20-13)16-18-4-6-25-16/h2-4,6,8-9H,5,7H2,1H3,(H2,17,23). The molecule has 0 aromatic carbocycles. The maximum atomic E-state index is 11.9. The monoisotopic (exact) mass is 341 g/mol. The molecule has 9 nitrogen and oxygen atoms in total. The van der Waals surface area contributed by atoms with E-state index >= 15 is 0 Å². The van der Waals surface area contributed by atoms with Crippen molar-refractivity contribution in [3.8, 4) is 22.8 Å². The summed E-state index contributed by atoms with van der Waals surface area (Å²) in [6, 6.07) is 2.94. The Morgan fingerprint density at radius 2 is 2.20 bits per heavy atom. The molecule has 0 fully saturated rings. The van der Waals surface area contributed by atoms with Crippen LogP contribution in [0.4, 0.5) is 0 Å². The summed E-state index contributed by atoms with van der Waals surface area (Å²) in [5.74, 6) is -0.464. The number of primary amides is 1. The molecule has 0 atom stereocenters. The van der Waals surface area contributed by atoms with Crippen molar-refractivity contribution in [2.24, 2.45) is 5.73 Å². The number of amides is 1. The predicted octanol–water partition coefficient (Wildman–Crippen LogP) is 0.706. The third kappa shape index (κ3) is 3.45. The first-order valence-corrected chi connectivity index (χ1v) is 7.36. The highest BCUT2D eigenvalue weighted by molar-refractivity contribution is 5.97. The molecule has 9 heteroatoms. The molecule has 0 aliphatic rings. The Morgan fingerprint density at radius 1 is 1.36 bits per heavy atom. The fourth-order valence-corrected chi connectivity index (χ4v) is 2.26. The molecule has 2 N–H and O–H groups in total. The Labute approximate surface area is 142 Å². The molecule has 0 saturated heterocycles. The van der Waals surface area contributed by atoms with Crippen LogP contribution >= 0.6 is 0 Å². The van der Waals surface area contributed by atoms with Gasteiger partial charge in [-0.15, -0.1) is 0 Å². The van der Waals surface area contributed by atoms with Gasteiger partial charge in [0, 0.05) is 31.5 Å². The molecule has 1 amide bonds. The second kappa shape index (κ2) is 7.05. The van der Waals surface area contributed by atoms with Gasteiger partial charge in [-0.25, -0.2) is 15.0 Å². The van der Waals surface area contributed by atoms with Crippen LogP contribution in [-0.2, 0) is 11.3 Å². The zero-order valence-electron chi connectivity index (χ0n) is 13.4. The maximum Gasteiger partial charge on any atom is 0.269 e. The van der Waals surface area contributed by atoms with E-state index in [4.69, 9.17) is 14.9 Å². The van der Waals surface area contributed by atoms with E-state index in [9.17, 15) is 9.59 Å². The van der Waals surface area contributed by atoms with Crippen LogP contribution in [-0.4, -0.2) is 39.1 Å². The zero-order chi connectivity index (χ0) is 17.8. The Hall–Kier alpha value is -3.33. The largest absolute Gasteiger partial charge is 0.443 e. The van der Waals surface area contributed by atoms with E-state index in [1.165, 1.54) is 29.3 Å². The molecule has 0 saturated carbocycles. The Bertz CT molecular complexity index is 949. The van der Waals surface area contributed by atoms with Gasteiger partial charge in [-0.3, -0.25) is 9.59 Å². The highest BCUT2D eigenvalue weighted by Gasteiger charge is 2.17. The molecular weight excluding hydrogens is 326 g/mol. The number of rotatable bonds is 6. The lowest BCUT2D eigenvalue weighted by atomic mass is 10.1. The summed E-state index contributed by atoms with van der Waals surface area (Å²) < 4.78 is 11.7. The molecule has 3 aromatic heterocycles. The van der Waals surface area contributed by atoms with Gasteiger partial charge >= 0.3 is 0 Å². The summed E-state index contributed by atoms with van der Waals surface area (Å²) in [7, 11) is 1.55. The first-order valence-electron chi connectivity index (χ1n) is 7.36. The number of nitrogens with zero attached hydrogens (tertiary/aromatic N) is 4. The minimum absolute atomic E-state index is 0.00718. The van der Waals surface area contributed by atoms with E-state index in [1.54, 1.807) is 19.4 Å². The summed E-state index contributed by atoms with van der Waals surface area (Å²) >= 11 is 0. The molecule has 0 bridgehead atoms. The van der Waals surface area contributed by atoms with Crippen LogP contribution in [0.3, 0.4) is 0 Å². The van der Waals surface area contributed by atoms with Gasteiger partial charge in [-0.05, 0) is 6.07 Å². The molecule has 25 heavy (non-hydrogen) atoms. The molecule has 3 aromatic rings. The van der Waals surface area contributed by atoms with Gasteiger partial charge in [-0.1, -0.05) is 0 Å². The first kappa shape index (κ1) is 16.5. The van der Waals surface area contributed by atoms with Crippen LogP contribution < -0.4 is 11.3 Å². The number of hydrogen-bond acceptors (Lipinski definition) is 7. The van der Waals surface area contributed by atoms with Crippen molar-refractivity contribution in [1.82, 2.24) is 19.5 Å². The summed E-state index contributed by atoms with van der Waals surface area (Å²) in [5, 5.41) is 0. The van der Waals surface area contributed by atoms with Crippen LogP contribution in [0.15, 0.2) is 46.2 Å². The molecular formula is C16H15N5O4. The normalized spacial score (nSPS) is 10.8. The number of ether oxygens (including phenoxy) is 1. The van der Waals surface area contributed by atoms with Crippen LogP contribution in [0.2, 0.25) is 0 Å². The van der Waals surface area contributed by atoms with E-state index < -0.39 is 5.91 Å². The minimum atomic E-state index is -0.726. The van der Waals surface area contributed by atoms with Gasteiger partial charge in [0.05, 0.1) is 19.0 Å². The average Bonchev–Trinajstić information content (AvgIpc) is 3.15. The van der Waals surface area contributed by atoms with Gasteiger partial charge in [0.25, 0.3) is 11.5 Å². The lowest BCUT2D eigenvalue weighted by Gasteiger charge is -2.10. The Kier molecular flexibility index (Phi) is 4.66. The molecule has 0 aliphatic carbocycles. The van der Waals surface area contributed by atoms with Gasteiger partial charge in [0.1, 0.15) is 17.7 Å². The van der Waals surface area contributed by atoms with Crippen LogP contribution in [0.5, 0.6) is 0 Å². The quantitative estimate of drug-likeness (QED) is 0.699. The van der Waals surface area contributed by atoms with Crippen molar-refractivity contribution >= 4 is 5.91 Å². The van der Waals surface area contributed by atoms with Crippen molar-refractivity contribution < 1.29 is 13.9 Å². The maximum absolute atomic E-state index is 11.9. The smallest absolute Gasteiger partial charge is 0.269 e. The Morgan fingerprint density at radius 3 is 2.88 bits per heavy atom. The molecule has 0 radical (unpaired) electrons. The summed E-state index contributed by atoms with van der Waals surface area (Å²) in [6.45, 7) is 0.732. The van der Waals surface area contributed by atoms with E-state index in [0.29, 0.717) is 24.4 Å². The Balaban J connectivity index is 2.12. The topological polar surface area (TPSA) is 126 Å². The van der Waals surface area contributed by atoms with Crippen molar-refractivity contribution in [3.63, 3.8) is 0 Å². The number of pyridine rings is 1. The molecule has 0 spiro atoms. The molecule has 128 valence electrons. The van der Waals surface area contributed by atoms with Crippen LogP contribution in [0, 0.1) is 0 Å². The van der Waals surface area contributed by atoms with Crippen molar-refractivity contribution in [1.29, 1.82) is 0 Å². The number of oxazole rings is 1. The van der Waals surface area contributed by atoms with E-state index in [1.807, 2.05) is 0 Å². The van der Waals surface area contributed by atoms with Crippen LogP contribution in [0.25, 0.3) is 22.8 Å². The number of aromatic nitrogens is 4. The molecule has 0 unspecified atom stereocenters. The molecule has 3 heterocycles. The third-order valence-electron chi connectivity index (χ3n) is 3.45. The fraction of sp³-hybridized carbons (Fsp3) is 0.188. The van der Waals surface area contributed by atoms with Crippen molar-refractivity contribution in [3.05, 3.63) is 53.0 Å². The minimum Gasteiger partial charge on any atom is -0.443 e. The summed E-state index contributed by atoms with van der Waals surface area (Å²) in [4.78, 5) is 36.1. The highest BCUT2D eigenvalue weighted by atomic mass is 16.5. The van der Waals surface area contributed by atoms with Crippen LogP contribution in [0.1, 0.15) is 10.5 Å². The third-order valence-corrected chi connectivity index (χ3v) is 3.45. The SMILES string of the molecule is COCCn1cc(-c2nc(-c3ncco3)cnc2C(N)=O)ccc1=O. The highest BCUT2D eigenvalue weighted by Crippen LogP contribution is 2.23. The second-order valence-corrected chi connectivity index (χ2v) is 5.10. The van der Waals surface area contributed by atoms with Crippen molar-refractivity contribution in [2.75, 3.05) is 13.7 Å². The zero-order valence-corrected chi connectivity index (χ0v) is 13.4. The van der Waals surface area contributed by atoms with Gasteiger partial charge in [0.15, 0.2) is 5.69 Å². The molecule has 0 aliphatic heterocycles. The number of hydrogen-bond donors (Lipinski definition) is 1. The first-order chi connectivity index (χ1) is 12.1. The summed E-state index contributed by atoms with van der Waals surface area (Å²) in [5.41, 5.74) is 6.31. The number of nitrogens with two attached hydrogens (primary N) is 1.